The van der Waals surface area contributed by atoms with Crippen LogP contribution in [0, 0.1) is 10.1 Å². The molecule has 0 aliphatic carbocycles. The van der Waals surface area contributed by atoms with Crippen LogP contribution >= 0.6 is 23.2 Å². The van der Waals surface area contributed by atoms with E-state index in [-0.39, 0.29) is 30.1 Å². The Kier molecular flexibility index (Phi) is 7.37. The van der Waals surface area contributed by atoms with Gasteiger partial charge in [-0.25, -0.2) is 0 Å². The van der Waals surface area contributed by atoms with Gasteiger partial charge in [-0.3, -0.25) is 19.7 Å². The van der Waals surface area contributed by atoms with E-state index >= 15 is 0 Å². The molecule has 2 rings (SSSR count). The molecule has 0 saturated carbocycles. The molecule has 2 aromatic carbocycles. The zero-order chi connectivity index (χ0) is 20.8. The maximum atomic E-state index is 13.0. The predicted octanol–water partition coefficient (Wildman–Crippen LogP) is 3.61. The van der Waals surface area contributed by atoms with E-state index in [1.165, 1.54) is 30.1 Å². The Morgan fingerprint density at radius 3 is 2.32 bits per heavy atom. The van der Waals surface area contributed by atoms with Crippen LogP contribution in [-0.4, -0.2) is 34.7 Å². The summed E-state index contributed by atoms with van der Waals surface area (Å²) in [5.41, 5.74) is 0.605. The Balaban J connectivity index is 2.38. The molecule has 2 amide bonds. The first-order valence-electron chi connectivity index (χ1n) is 8.42. The van der Waals surface area contributed by atoms with Gasteiger partial charge >= 0.3 is 0 Å². The van der Waals surface area contributed by atoms with Gasteiger partial charge < -0.3 is 10.2 Å². The highest BCUT2D eigenvalue weighted by Gasteiger charge is 2.28. The van der Waals surface area contributed by atoms with Crippen molar-refractivity contribution in [3.63, 3.8) is 0 Å². The number of hydrogen-bond donors (Lipinski definition) is 1. The normalized spacial score (nSPS) is 11.6. The summed E-state index contributed by atoms with van der Waals surface area (Å²) < 4.78 is 0. The van der Waals surface area contributed by atoms with Crippen LogP contribution in [0.25, 0.3) is 0 Å². The second kappa shape index (κ2) is 9.52. The van der Waals surface area contributed by atoms with E-state index in [2.05, 4.69) is 5.32 Å². The Bertz CT molecular complexity index is 884. The summed E-state index contributed by atoms with van der Waals surface area (Å²) in [6, 6.07) is 10.1. The van der Waals surface area contributed by atoms with Gasteiger partial charge in [-0.05, 0) is 19.1 Å². The molecule has 0 aliphatic heterocycles. The molecule has 0 aliphatic rings. The lowest BCUT2D eigenvalue weighted by molar-refractivity contribution is -0.385. The fourth-order valence-electron chi connectivity index (χ4n) is 2.75. The lowest BCUT2D eigenvalue weighted by Crippen LogP contribution is -2.47. The Morgan fingerprint density at radius 1 is 1.14 bits per heavy atom. The molecule has 7 nitrogen and oxygen atoms in total. The minimum Gasteiger partial charge on any atom is -0.357 e. The largest absolute Gasteiger partial charge is 0.357 e. The number of rotatable bonds is 7. The van der Waals surface area contributed by atoms with Crippen LogP contribution in [0.15, 0.2) is 42.5 Å². The zero-order valence-electron chi connectivity index (χ0n) is 15.3. The van der Waals surface area contributed by atoms with Crippen molar-refractivity contribution in [3.05, 3.63) is 73.8 Å². The molecular formula is C19H19Cl2N3O4. The second-order valence-electron chi connectivity index (χ2n) is 6.07. The topological polar surface area (TPSA) is 92.6 Å². The lowest BCUT2D eigenvalue weighted by Gasteiger charge is -2.29. The van der Waals surface area contributed by atoms with E-state index < -0.39 is 16.9 Å². The highest BCUT2D eigenvalue weighted by atomic mass is 35.5. The number of nitrogens with zero attached hydrogens (tertiary/aromatic N) is 2. The minimum atomic E-state index is -0.826. The summed E-state index contributed by atoms with van der Waals surface area (Å²) >= 11 is 12.4. The van der Waals surface area contributed by atoms with Gasteiger partial charge in [0, 0.05) is 40.8 Å². The van der Waals surface area contributed by atoms with E-state index in [9.17, 15) is 19.7 Å². The molecule has 1 atom stereocenters. The molecule has 1 N–H and O–H groups in total. The molecule has 0 unspecified atom stereocenters. The van der Waals surface area contributed by atoms with Gasteiger partial charge in [0.05, 0.1) is 11.3 Å². The highest BCUT2D eigenvalue weighted by Crippen LogP contribution is 2.27. The fourth-order valence-corrected chi connectivity index (χ4v) is 3.27. The number of hydrogen-bond acceptors (Lipinski definition) is 4. The number of benzene rings is 2. The van der Waals surface area contributed by atoms with E-state index in [1.807, 2.05) is 0 Å². The van der Waals surface area contributed by atoms with Crippen molar-refractivity contribution in [1.82, 2.24) is 10.2 Å². The van der Waals surface area contributed by atoms with Gasteiger partial charge in [-0.2, -0.15) is 0 Å². The number of carbonyl (C=O) groups is 2. The SMILES string of the molecule is CNC(=O)[C@@H](C)N(Cc1c(Cl)cccc1Cl)C(=O)Cc1ccccc1[N+](=O)[O-]. The monoisotopic (exact) mass is 423 g/mol. The van der Waals surface area contributed by atoms with Gasteiger partial charge in [-0.15, -0.1) is 0 Å². The van der Waals surface area contributed by atoms with Crippen molar-refractivity contribution in [3.8, 4) is 0 Å². The number of nitro groups is 1. The number of nitrogens with one attached hydrogen (secondary N) is 1. The molecule has 2 aromatic rings. The number of amides is 2. The van der Waals surface area contributed by atoms with Gasteiger partial charge in [0.15, 0.2) is 0 Å². The number of halogens is 2. The number of carbonyl (C=O) groups excluding carboxylic acids is 2. The van der Waals surface area contributed by atoms with Crippen LogP contribution in [-0.2, 0) is 22.6 Å². The van der Waals surface area contributed by atoms with Crippen LogP contribution in [0.5, 0.6) is 0 Å². The first-order valence-corrected chi connectivity index (χ1v) is 9.18. The highest BCUT2D eigenvalue weighted by molar-refractivity contribution is 6.36. The molecule has 28 heavy (non-hydrogen) atoms. The molecule has 0 saturated heterocycles. The standard InChI is InChI=1S/C19H19Cl2N3O4/c1-12(19(26)22-2)23(11-14-15(20)7-5-8-16(14)21)18(25)10-13-6-3-4-9-17(13)24(27)28/h3-9,12H,10-11H2,1-2H3,(H,22,26)/t12-/m1/s1. The zero-order valence-corrected chi connectivity index (χ0v) is 16.8. The molecule has 0 spiro atoms. The van der Waals surface area contributed by atoms with Gasteiger partial charge in [-0.1, -0.05) is 47.5 Å². The quantitative estimate of drug-likeness (QED) is 0.543. The maximum absolute atomic E-state index is 13.0. The number of para-hydroxylation sites is 1. The summed E-state index contributed by atoms with van der Waals surface area (Å²) in [7, 11) is 1.46. The molecule has 9 heteroatoms. The third-order valence-electron chi connectivity index (χ3n) is 4.33. The summed E-state index contributed by atoms with van der Waals surface area (Å²) in [4.78, 5) is 37.2. The van der Waals surface area contributed by atoms with E-state index in [0.717, 1.165) is 0 Å². The number of nitro benzene ring substituents is 1. The van der Waals surface area contributed by atoms with Crippen LogP contribution < -0.4 is 5.32 Å². The van der Waals surface area contributed by atoms with Crippen molar-refractivity contribution in [2.45, 2.75) is 25.9 Å². The summed E-state index contributed by atoms with van der Waals surface area (Å²) in [5.74, 6) is -0.833. The van der Waals surface area contributed by atoms with Crippen LogP contribution in [0.1, 0.15) is 18.1 Å². The van der Waals surface area contributed by atoms with Crippen molar-refractivity contribution in [2.24, 2.45) is 0 Å². The number of likely N-dealkylation sites (N-methyl/N-ethyl adjacent to an activating group) is 1. The van der Waals surface area contributed by atoms with Crippen LogP contribution in [0.3, 0.4) is 0 Å². The first kappa shape index (κ1) is 21.7. The van der Waals surface area contributed by atoms with E-state index in [4.69, 9.17) is 23.2 Å². The summed E-state index contributed by atoms with van der Waals surface area (Å²) in [5, 5.41) is 14.4. The van der Waals surface area contributed by atoms with Crippen molar-refractivity contribution >= 4 is 40.7 Å². The molecule has 0 radical (unpaired) electrons. The van der Waals surface area contributed by atoms with Crippen LogP contribution in [0.2, 0.25) is 10.0 Å². The van der Waals surface area contributed by atoms with Gasteiger partial charge in [0.2, 0.25) is 11.8 Å². The van der Waals surface area contributed by atoms with Crippen molar-refractivity contribution in [2.75, 3.05) is 7.05 Å². The van der Waals surface area contributed by atoms with E-state index in [1.54, 1.807) is 31.2 Å². The molecule has 148 valence electrons. The first-order chi connectivity index (χ1) is 13.3. The van der Waals surface area contributed by atoms with Gasteiger partial charge in [0.25, 0.3) is 5.69 Å². The Labute approximate surface area is 172 Å². The van der Waals surface area contributed by atoms with Gasteiger partial charge in [0.1, 0.15) is 6.04 Å². The van der Waals surface area contributed by atoms with Crippen molar-refractivity contribution < 1.29 is 14.5 Å². The molecular weight excluding hydrogens is 405 g/mol. The Morgan fingerprint density at radius 2 is 1.75 bits per heavy atom. The average Bonchev–Trinajstić information content (AvgIpc) is 2.66. The molecule has 0 heterocycles. The smallest absolute Gasteiger partial charge is 0.273 e. The predicted molar refractivity (Wildman–Crippen MR) is 107 cm³/mol. The third-order valence-corrected chi connectivity index (χ3v) is 5.04. The van der Waals surface area contributed by atoms with Crippen LogP contribution in [0.4, 0.5) is 5.69 Å². The maximum Gasteiger partial charge on any atom is 0.273 e. The Hall–Kier alpha value is -2.64. The summed E-state index contributed by atoms with van der Waals surface area (Å²) in [6.07, 6.45) is -0.236. The average molecular weight is 424 g/mol. The second-order valence-corrected chi connectivity index (χ2v) is 6.89. The fraction of sp³-hybridized carbons (Fsp3) is 0.263. The molecule has 0 fully saturated rings. The molecule has 0 aromatic heterocycles. The van der Waals surface area contributed by atoms with Crippen molar-refractivity contribution in [1.29, 1.82) is 0 Å². The molecule has 0 bridgehead atoms. The minimum absolute atomic E-state index is 0.00738. The third kappa shape index (κ3) is 4.99. The summed E-state index contributed by atoms with van der Waals surface area (Å²) in [6.45, 7) is 1.56. The van der Waals surface area contributed by atoms with E-state index in [0.29, 0.717) is 15.6 Å². The lowest BCUT2D eigenvalue weighted by atomic mass is 10.1.